The molecule has 118 valence electrons. The third-order valence-corrected chi connectivity index (χ3v) is 2.68. The lowest BCUT2D eigenvalue weighted by molar-refractivity contribution is -0.313. The van der Waals surface area contributed by atoms with Gasteiger partial charge in [0.15, 0.2) is 0 Å². The number of aliphatic carboxylic acids is 1. The van der Waals surface area contributed by atoms with E-state index in [-0.39, 0.29) is 6.42 Å². The summed E-state index contributed by atoms with van der Waals surface area (Å²) in [7, 11) is 0. The molecular weight excluding hydrogens is 298 g/mol. The number of alkyl halides is 6. The summed E-state index contributed by atoms with van der Waals surface area (Å²) < 4.78 is 76.2. The van der Waals surface area contributed by atoms with Gasteiger partial charge in [0.05, 0.1) is 11.8 Å². The highest BCUT2D eigenvalue weighted by Gasteiger charge is 2.60. The van der Waals surface area contributed by atoms with Gasteiger partial charge in [-0.15, -0.1) is 0 Å². The molecule has 0 bridgehead atoms. The van der Waals surface area contributed by atoms with Crippen LogP contribution in [0.2, 0.25) is 0 Å². The number of rotatable bonds is 5. The molecule has 0 aliphatic carbocycles. The standard InChI is InChI=1S/C10H12F6O4/c1-3-8(2,7(18)19)4-5(17)20-6(9(11,12)13)10(14,15)16/h6H,3-4H2,1-2H3,(H,18,19). The Hall–Kier alpha value is -1.48. The molecule has 0 aromatic carbocycles. The first-order valence-corrected chi connectivity index (χ1v) is 5.30. The molecule has 1 unspecified atom stereocenters. The van der Waals surface area contributed by atoms with Gasteiger partial charge in [-0.2, -0.15) is 26.3 Å². The number of hydrogen-bond donors (Lipinski definition) is 1. The van der Waals surface area contributed by atoms with E-state index < -0.39 is 42.2 Å². The number of carboxylic acid groups (broad SMARTS) is 1. The van der Waals surface area contributed by atoms with E-state index in [1.54, 1.807) is 0 Å². The van der Waals surface area contributed by atoms with Gasteiger partial charge in [-0.05, 0) is 13.3 Å². The number of hydrogen-bond acceptors (Lipinski definition) is 3. The highest BCUT2D eigenvalue weighted by Crippen LogP contribution is 2.37. The first-order chi connectivity index (χ1) is 8.74. The van der Waals surface area contributed by atoms with Gasteiger partial charge in [0.1, 0.15) is 0 Å². The molecule has 10 heteroatoms. The van der Waals surface area contributed by atoms with E-state index in [1.807, 2.05) is 0 Å². The van der Waals surface area contributed by atoms with Gasteiger partial charge in [-0.3, -0.25) is 9.59 Å². The van der Waals surface area contributed by atoms with E-state index in [0.29, 0.717) is 0 Å². The van der Waals surface area contributed by atoms with Gasteiger partial charge in [-0.25, -0.2) is 0 Å². The summed E-state index contributed by atoms with van der Waals surface area (Å²) in [6, 6.07) is 0. The molecule has 0 spiro atoms. The number of halogens is 6. The molecule has 0 aromatic rings. The molecule has 1 N–H and O–H groups in total. The number of carbonyl (C=O) groups excluding carboxylic acids is 1. The first kappa shape index (κ1) is 18.5. The topological polar surface area (TPSA) is 63.6 Å². The van der Waals surface area contributed by atoms with Crippen LogP contribution in [0.25, 0.3) is 0 Å². The van der Waals surface area contributed by atoms with Crippen molar-refractivity contribution in [2.24, 2.45) is 5.41 Å². The van der Waals surface area contributed by atoms with Crippen LogP contribution in [0.15, 0.2) is 0 Å². The van der Waals surface area contributed by atoms with Crippen molar-refractivity contribution in [2.45, 2.75) is 45.1 Å². The van der Waals surface area contributed by atoms with Crippen LogP contribution in [0.5, 0.6) is 0 Å². The minimum absolute atomic E-state index is 0.167. The average Bonchev–Trinajstić information content (AvgIpc) is 2.22. The van der Waals surface area contributed by atoms with E-state index in [9.17, 15) is 35.9 Å². The maximum Gasteiger partial charge on any atom is 0.434 e. The minimum Gasteiger partial charge on any atom is -0.481 e. The molecule has 0 amide bonds. The molecule has 0 fully saturated rings. The first-order valence-electron chi connectivity index (χ1n) is 5.30. The van der Waals surface area contributed by atoms with Crippen molar-refractivity contribution < 1.29 is 45.8 Å². The molecule has 4 nitrogen and oxygen atoms in total. The zero-order valence-corrected chi connectivity index (χ0v) is 10.4. The van der Waals surface area contributed by atoms with Gasteiger partial charge in [0.2, 0.25) is 0 Å². The van der Waals surface area contributed by atoms with Gasteiger partial charge in [0, 0.05) is 0 Å². The van der Waals surface area contributed by atoms with Crippen LogP contribution >= 0.6 is 0 Å². The largest absolute Gasteiger partial charge is 0.481 e. The van der Waals surface area contributed by atoms with Crippen molar-refractivity contribution in [1.82, 2.24) is 0 Å². The lowest BCUT2D eigenvalue weighted by atomic mass is 9.84. The van der Waals surface area contributed by atoms with Crippen molar-refractivity contribution in [3.63, 3.8) is 0 Å². The molecule has 0 rings (SSSR count). The zero-order valence-electron chi connectivity index (χ0n) is 10.4. The smallest absolute Gasteiger partial charge is 0.434 e. The normalized spacial score (nSPS) is 15.8. The highest BCUT2D eigenvalue weighted by molar-refractivity contribution is 5.81. The van der Waals surface area contributed by atoms with Crippen LogP contribution in [0.3, 0.4) is 0 Å². The molecule has 0 aliphatic rings. The van der Waals surface area contributed by atoms with E-state index in [1.165, 1.54) is 6.92 Å². The van der Waals surface area contributed by atoms with Crippen molar-refractivity contribution in [1.29, 1.82) is 0 Å². The molecule has 0 saturated carbocycles. The molecule has 0 radical (unpaired) electrons. The van der Waals surface area contributed by atoms with Crippen molar-refractivity contribution >= 4 is 11.9 Å². The van der Waals surface area contributed by atoms with Crippen LogP contribution < -0.4 is 0 Å². The van der Waals surface area contributed by atoms with Gasteiger partial charge in [0.25, 0.3) is 6.10 Å². The minimum atomic E-state index is -5.82. The molecule has 0 aliphatic heterocycles. The Morgan fingerprint density at radius 1 is 1.10 bits per heavy atom. The fourth-order valence-electron chi connectivity index (χ4n) is 1.16. The predicted molar refractivity (Wildman–Crippen MR) is 52.6 cm³/mol. The molecular formula is C10H12F6O4. The second-order valence-corrected chi connectivity index (χ2v) is 4.35. The summed E-state index contributed by atoms with van der Waals surface area (Å²) in [4.78, 5) is 22.0. The number of carboxylic acids is 1. The van der Waals surface area contributed by atoms with Crippen LogP contribution in [0, 0.1) is 5.41 Å². The van der Waals surface area contributed by atoms with Crippen LogP contribution in [-0.2, 0) is 14.3 Å². The molecule has 0 aromatic heterocycles. The Balaban J connectivity index is 5.02. The Morgan fingerprint density at radius 3 is 1.75 bits per heavy atom. The predicted octanol–water partition coefficient (Wildman–Crippen LogP) is 2.91. The third kappa shape index (κ3) is 4.89. The van der Waals surface area contributed by atoms with Crippen LogP contribution in [-0.4, -0.2) is 35.5 Å². The molecule has 0 heterocycles. The number of carbonyl (C=O) groups is 2. The third-order valence-electron chi connectivity index (χ3n) is 2.68. The number of ether oxygens (including phenoxy) is 1. The Bertz CT molecular complexity index is 361. The SMILES string of the molecule is CCC(C)(CC(=O)OC(C(F)(F)F)C(F)(F)F)C(=O)O. The quantitative estimate of drug-likeness (QED) is 0.626. The van der Waals surface area contributed by atoms with Gasteiger partial charge >= 0.3 is 24.3 Å². The maximum absolute atomic E-state index is 12.1. The number of esters is 1. The van der Waals surface area contributed by atoms with Gasteiger partial charge < -0.3 is 9.84 Å². The van der Waals surface area contributed by atoms with Crippen molar-refractivity contribution in [2.75, 3.05) is 0 Å². The second-order valence-electron chi connectivity index (χ2n) is 4.35. The van der Waals surface area contributed by atoms with Crippen molar-refractivity contribution in [3.8, 4) is 0 Å². The summed E-state index contributed by atoms with van der Waals surface area (Å²) in [5.41, 5.74) is -1.79. The summed E-state index contributed by atoms with van der Waals surface area (Å²) in [6.45, 7) is 2.35. The molecule has 20 heavy (non-hydrogen) atoms. The van der Waals surface area contributed by atoms with Crippen LogP contribution in [0.4, 0.5) is 26.3 Å². The van der Waals surface area contributed by atoms with Crippen molar-refractivity contribution in [3.05, 3.63) is 0 Å². The fourth-order valence-corrected chi connectivity index (χ4v) is 1.16. The lowest BCUT2D eigenvalue weighted by Crippen LogP contribution is -2.46. The van der Waals surface area contributed by atoms with E-state index >= 15 is 0 Å². The highest BCUT2D eigenvalue weighted by atomic mass is 19.4. The van der Waals surface area contributed by atoms with E-state index in [2.05, 4.69) is 4.74 Å². The lowest BCUT2D eigenvalue weighted by Gasteiger charge is -2.26. The average molecular weight is 310 g/mol. The Kier molecular flexibility index (Phi) is 5.44. The monoisotopic (exact) mass is 310 g/mol. The second kappa shape index (κ2) is 5.88. The summed E-state index contributed by atoms with van der Waals surface area (Å²) in [6.07, 6.45) is -17.2. The Labute approximate surface area is 109 Å². The van der Waals surface area contributed by atoms with Gasteiger partial charge in [-0.1, -0.05) is 6.92 Å². The molecule has 0 saturated heterocycles. The van der Waals surface area contributed by atoms with E-state index in [0.717, 1.165) is 6.92 Å². The van der Waals surface area contributed by atoms with Crippen LogP contribution in [0.1, 0.15) is 26.7 Å². The molecule has 1 atom stereocenters. The summed E-state index contributed by atoms with van der Waals surface area (Å²) in [5, 5.41) is 8.78. The summed E-state index contributed by atoms with van der Waals surface area (Å²) >= 11 is 0. The summed E-state index contributed by atoms with van der Waals surface area (Å²) in [5.74, 6) is -3.40. The zero-order chi connectivity index (χ0) is 16.4. The maximum atomic E-state index is 12.1. The Morgan fingerprint density at radius 2 is 1.50 bits per heavy atom. The van der Waals surface area contributed by atoms with E-state index in [4.69, 9.17) is 5.11 Å². The fraction of sp³-hybridized carbons (Fsp3) is 0.800.